The molecule has 1 aliphatic rings. The van der Waals surface area contributed by atoms with Crippen LogP contribution < -0.4 is 5.32 Å². The largest absolute Gasteiger partial charge is 0.444 e. The molecule has 2 aromatic rings. The standard InChI is InChI=1S/C21H24Cl2FN3O2/c1-21(2,3)29-20(28)25-11-18(24)16-6-4-5-13-10-26-27(19(13)16)12-14-7-8-15(22)9-17(14)23/h7-10H,4-6,11-12H2,1-3H3,(H,25,28)/b18-16-. The molecule has 0 aliphatic heterocycles. The summed E-state index contributed by atoms with van der Waals surface area (Å²) >= 11 is 12.3. The Morgan fingerprint density at radius 2 is 2.07 bits per heavy atom. The first-order valence-electron chi connectivity index (χ1n) is 9.47. The number of alkyl carbamates (subject to hydrolysis) is 1. The van der Waals surface area contributed by atoms with Gasteiger partial charge in [-0.3, -0.25) is 4.68 Å². The fourth-order valence-electron chi connectivity index (χ4n) is 3.30. The summed E-state index contributed by atoms with van der Waals surface area (Å²) in [6, 6.07) is 5.28. The molecule has 0 saturated carbocycles. The zero-order valence-corrected chi connectivity index (χ0v) is 18.2. The number of aryl methyl sites for hydroxylation is 1. The molecule has 1 N–H and O–H groups in total. The average molecular weight is 440 g/mol. The molecule has 0 fully saturated rings. The van der Waals surface area contributed by atoms with Gasteiger partial charge in [0, 0.05) is 15.6 Å². The van der Waals surface area contributed by atoms with Gasteiger partial charge in [0.05, 0.1) is 25.0 Å². The molecule has 0 spiro atoms. The Kier molecular flexibility index (Phi) is 6.54. The number of carbonyl (C=O) groups is 1. The van der Waals surface area contributed by atoms with Crippen LogP contribution >= 0.6 is 23.2 Å². The highest BCUT2D eigenvalue weighted by Gasteiger charge is 2.24. The predicted octanol–water partition coefficient (Wildman–Crippen LogP) is 5.78. The fraction of sp³-hybridized carbons (Fsp3) is 0.429. The van der Waals surface area contributed by atoms with Crippen LogP contribution in [-0.4, -0.2) is 28.0 Å². The van der Waals surface area contributed by atoms with Crippen molar-refractivity contribution >= 4 is 34.9 Å². The van der Waals surface area contributed by atoms with Crippen LogP contribution in [0.5, 0.6) is 0 Å². The third-order valence-corrected chi connectivity index (χ3v) is 5.11. The van der Waals surface area contributed by atoms with Crippen LogP contribution in [0, 0.1) is 0 Å². The summed E-state index contributed by atoms with van der Waals surface area (Å²) in [6.07, 6.45) is 3.36. The number of hydrogen-bond acceptors (Lipinski definition) is 3. The van der Waals surface area contributed by atoms with Crippen LogP contribution in [0.3, 0.4) is 0 Å². The van der Waals surface area contributed by atoms with E-state index < -0.39 is 11.7 Å². The summed E-state index contributed by atoms with van der Waals surface area (Å²) in [6.45, 7) is 5.46. The van der Waals surface area contributed by atoms with Gasteiger partial charge in [0.1, 0.15) is 11.4 Å². The molecule has 29 heavy (non-hydrogen) atoms. The van der Waals surface area contributed by atoms with Gasteiger partial charge in [-0.15, -0.1) is 0 Å². The van der Waals surface area contributed by atoms with Gasteiger partial charge in [-0.2, -0.15) is 5.10 Å². The van der Waals surface area contributed by atoms with E-state index in [0.717, 1.165) is 29.7 Å². The first-order valence-corrected chi connectivity index (χ1v) is 10.2. The van der Waals surface area contributed by atoms with E-state index in [0.29, 0.717) is 28.6 Å². The van der Waals surface area contributed by atoms with Crippen molar-refractivity contribution in [3.8, 4) is 0 Å². The number of amides is 1. The van der Waals surface area contributed by atoms with E-state index in [9.17, 15) is 4.79 Å². The summed E-state index contributed by atoms with van der Waals surface area (Å²) in [5.41, 5.74) is 2.51. The molecule has 8 heteroatoms. The predicted molar refractivity (Wildman–Crippen MR) is 113 cm³/mol. The number of carbonyl (C=O) groups excluding carboxylic acids is 1. The van der Waals surface area contributed by atoms with Crippen LogP contribution in [0.1, 0.15) is 50.4 Å². The minimum atomic E-state index is -0.647. The second-order valence-electron chi connectivity index (χ2n) is 8.00. The molecule has 0 radical (unpaired) electrons. The molecule has 0 unspecified atom stereocenters. The average Bonchev–Trinajstić information content (AvgIpc) is 3.03. The zero-order valence-electron chi connectivity index (χ0n) is 16.7. The molecule has 0 saturated heterocycles. The molecular formula is C21H24Cl2FN3O2. The third-order valence-electron chi connectivity index (χ3n) is 4.52. The van der Waals surface area contributed by atoms with Crippen molar-refractivity contribution in [1.29, 1.82) is 0 Å². The van der Waals surface area contributed by atoms with Crippen LogP contribution in [0.15, 0.2) is 30.2 Å². The number of fused-ring (bicyclic) bond motifs is 1. The van der Waals surface area contributed by atoms with Gasteiger partial charge in [0.25, 0.3) is 0 Å². The Morgan fingerprint density at radius 3 is 2.76 bits per heavy atom. The van der Waals surface area contributed by atoms with E-state index in [1.165, 1.54) is 0 Å². The Morgan fingerprint density at radius 1 is 1.31 bits per heavy atom. The van der Waals surface area contributed by atoms with Crippen LogP contribution in [0.2, 0.25) is 10.0 Å². The number of nitrogens with one attached hydrogen (secondary N) is 1. The van der Waals surface area contributed by atoms with Crippen molar-refractivity contribution in [3.05, 3.63) is 57.1 Å². The molecule has 3 rings (SSSR count). The second kappa shape index (κ2) is 8.76. The van der Waals surface area contributed by atoms with Crippen molar-refractivity contribution in [3.63, 3.8) is 0 Å². The monoisotopic (exact) mass is 439 g/mol. The number of nitrogens with zero attached hydrogens (tertiary/aromatic N) is 2. The zero-order chi connectivity index (χ0) is 21.2. The lowest BCUT2D eigenvalue weighted by atomic mass is 9.92. The van der Waals surface area contributed by atoms with E-state index in [-0.39, 0.29) is 12.4 Å². The van der Waals surface area contributed by atoms with Gasteiger partial charge < -0.3 is 10.1 Å². The van der Waals surface area contributed by atoms with Crippen molar-refractivity contribution < 1.29 is 13.9 Å². The third kappa shape index (κ3) is 5.52. The number of rotatable bonds is 4. The molecule has 156 valence electrons. The minimum absolute atomic E-state index is 0.226. The topological polar surface area (TPSA) is 56.1 Å². The van der Waals surface area contributed by atoms with Crippen molar-refractivity contribution in [2.24, 2.45) is 0 Å². The Labute approximate surface area is 179 Å². The first-order chi connectivity index (χ1) is 13.6. The van der Waals surface area contributed by atoms with Crippen LogP contribution in [-0.2, 0) is 17.7 Å². The van der Waals surface area contributed by atoms with Crippen LogP contribution in [0.25, 0.3) is 5.57 Å². The highest BCUT2D eigenvalue weighted by Crippen LogP contribution is 2.34. The molecule has 0 atom stereocenters. The van der Waals surface area contributed by atoms with Crippen molar-refractivity contribution in [2.75, 3.05) is 6.54 Å². The number of benzene rings is 1. The molecule has 1 aromatic carbocycles. The normalized spacial score (nSPS) is 15.7. The van der Waals surface area contributed by atoms with Gasteiger partial charge in [0.2, 0.25) is 0 Å². The number of allylic oxidation sites excluding steroid dienone is 1. The number of aromatic nitrogens is 2. The van der Waals surface area contributed by atoms with E-state index in [2.05, 4.69) is 10.4 Å². The number of ether oxygens (including phenoxy) is 1. The number of hydrogen-bond donors (Lipinski definition) is 1. The molecule has 5 nitrogen and oxygen atoms in total. The van der Waals surface area contributed by atoms with Crippen molar-refractivity contribution in [2.45, 2.75) is 52.2 Å². The highest BCUT2D eigenvalue weighted by molar-refractivity contribution is 6.35. The molecule has 1 aliphatic carbocycles. The van der Waals surface area contributed by atoms with Crippen LogP contribution in [0.4, 0.5) is 9.18 Å². The van der Waals surface area contributed by atoms with Gasteiger partial charge in [-0.1, -0.05) is 29.3 Å². The maximum absolute atomic E-state index is 15.0. The summed E-state index contributed by atoms with van der Waals surface area (Å²) in [5, 5.41) is 8.02. The van der Waals surface area contributed by atoms with Gasteiger partial charge in [-0.25, -0.2) is 9.18 Å². The lowest BCUT2D eigenvalue weighted by Crippen LogP contribution is -2.33. The maximum Gasteiger partial charge on any atom is 0.408 e. The molecule has 0 bridgehead atoms. The SMILES string of the molecule is CC(C)(C)OC(=O)NC/C(F)=C1\CCCc2cnn(Cc3ccc(Cl)cc3Cl)c21. The molecule has 1 amide bonds. The lowest BCUT2D eigenvalue weighted by molar-refractivity contribution is 0.0530. The van der Waals surface area contributed by atoms with E-state index in [4.69, 9.17) is 27.9 Å². The van der Waals surface area contributed by atoms with E-state index >= 15 is 4.39 Å². The Bertz CT molecular complexity index is 948. The van der Waals surface area contributed by atoms with E-state index in [1.807, 2.05) is 6.07 Å². The first kappa shape index (κ1) is 21.7. The summed E-state index contributed by atoms with van der Waals surface area (Å²) in [4.78, 5) is 11.8. The molecule has 1 aromatic heterocycles. The highest BCUT2D eigenvalue weighted by atomic mass is 35.5. The van der Waals surface area contributed by atoms with Crippen molar-refractivity contribution in [1.82, 2.24) is 15.1 Å². The molecule has 1 heterocycles. The van der Waals surface area contributed by atoms with E-state index in [1.54, 1.807) is 43.8 Å². The smallest absolute Gasteiger partial charge is 0.408 e. The summed E-state index contributed by atoms with van der Waals surface area (Å²) < 4.78 is 21.9. The van der Waals surface area contributed by atoms with Gasteiger partial charge >= 0.3 is 6.09 Å². The number of halogens is 3. The van der Waals surface area contributed by atoms with Gasteiger partial charge in [0.15, 0.2) is 0 Å². The molecular weight excluding hydrogens is 416 g/mol. The summed E-state index contributed by atoms with van der Waals surface area (Å²) in [5.74, 6) is -0.388. The minimum Gasteiger partial charge on any atom is -0.444 e. The fourth-order valence-corrected chi connectivity index (χ4v) is 3.76. The maximum atomic E-state index is 15.0. The Balaban J connectivity index is 1.83. The summed E-state index contributed by atoms with van der Waals surface area (Å²) in [7, 11) is 0. The Hall–Kier alpha value is -2.05. The van der Waals surface area contributed by atoms with Gasteiger partial charge in [-0.05, 0) is 63.3 Å². The quantitative estimate of drug-likeness (QED) is 0.656. The second-order valence-corrected chi connectivity index (χ2v) is 8.85. The lowest BCUT2D eigenvalue weighted by Gasteiger charge is -2.21.